The first-order valence-electron chi connectivity index (χ1n) is 5.03. The van der Waals surface area contributed by atoms with Crippen LogP contribution in [0, 0.1) is 12.7 Å². The highest BCUT2D eigenvalue weighted by atomic mass is 19.1. The summed E-state index contributed by atoms with van der Waals surface area (Å²) in [5, 5.41) is 8.87. The van der Waals surface area contributed by atoms with Gasteiger partial charge in [0.25, 0.3) is 0 Å². The fourth-order valence-corrected chi connectivity index (χ4v) is 1.58. The highest BCUT2D eigenvalue weighted by Gasteiger charge is 2.04. The summed E-state index contributed by atoms with van der Waals surface area (Å²) in [5.41, 5.74) is 2.93. The molecule has 1 aromatic carbocycles. The number of aromatic nitrogens is 1. The van der Waals surface area contributed by atoms with Gasteiger partial charge in [-0.1, -0.05) is 12.1 Å². The SMILES string of the molecule is Cc1cc(-c2ccc(CO)c(F)c2)ccn1. The van der Waals surface area contributed by atoms with Gasteiger partial charge in [0, 0.05) is 17.5 Å². The number of hydrogen-bond donors (Lipinski definition) is 1. The maximum Gasteiger partial charge on any atom is 0.129 e. The zero-order valence-electron chi connectivity index (χ0n) is 8.94. The molecule has 0 aliphatic heterocycles. The van der Waals surface area contributed by atoms with Crippen molar-refractivity contribution < 1.29 is 9.50 Å². The van der Waals surface area contributed by atoms with Crippen molar-refractivity contribution in [2.45, 2.75) is 13.5 Å². The number of benzene rings is 1. The molecule has 0 saturated heterocycles. The Morgan fingerprint density at radius 1 is 1.19 bits per heavy atom. The molecule has 0 radical (unpaired) electrons. The lowest BCUT2D eigenvalue weighted by Gasteiger charge is -2.05. The Morgan fingerprint density at radius 3 is 2.56 bits per heavy atom. The van der Waals surface area contributed by atoms with Crippen LogP contribution in [0.2, 0.25) is 0 Å². The number of rotatable bonds is 2. The summed E-state index contributed by atoms with van der Waals surface area (Å²) in [4.78, 5) is 4.09. The highest BCUT2D eigenvalue weighted by Crippen LogP contribution is 2.22. The lowest BCUT2D eigenvalue weighted by molar-refractivity contribution is 0.276. The van der Waals surface area contributed by atoms with Crippen LogP contribution in [0.4, 0.5) is 4.39 Å². The molecule has 0 spiro atoms. The fourth-order valence-electron chi connectivity index (χ4n) is 1.58. The third-order valence-corrected chi connectivity index (χ3v) is 2.45. The minimum atomic E-state index is -0.380. The molecule has 0 atom stereocenters. The number of hydrogen-bond acceptors (Lipinski definition) is 2. The zero-order chi connectivity index (χ0) is 11.5. The predicted octanol–water partition coefficient (Wildman–Crippen LogP) is 2.69. The van der Waals surface area contributed by atoms with E-state index in [2.05, 4.69) is 4.98 Å². The van der Waals surface area contributed by atoms with E-state index in [4.69, 9.17) is 5.11 Å². The standard InChI is InChI=1S/C13H12FNO/c1-9-6-11(4-5-15-9)10-2-3-12(8-16)13(14)7-10/h2-7,16H,8H2,1H3. The van der Waals surface area contributed by atoms with E-state index in [0.29, 0.717) is 5.56 Å². The third kappa shape index (κ3) is 2.09. The Bertz CT molecular complexity index is 511. The minimum absolute atomic E-state index is 0.276. The van der Waals surface area contributed by atoms with Gasteiger partial charge < -0.3 is 5.11 Å². The van der Waals surface area contributed by atoms with Crippen LogP contribution in [0.15, 0.2) is 36.5 Å². The van der Waals surface area contributed by atoms with Gasteiger partial charge in [-0.15, -0.1) is 0 Å². The summed E-state index contributed by atoms with van der Waals surface area (Å²) in [5.74, 6) is -0.380. The number of aliphatic hydroxyl groups excluding tert-OH is 1. The molecule has 3 heteroatoms. The lowest BCUT2D eigenvalue weighted by atomic mass is 10.0. The zero-order valence-corrected chi connectivity index (χ0v) is 8.94. The van der Waals surface area contributed by atoms with Gasteiger partial charge in [0.15, 0.2) is 0 Å². The summed E-state index contributed by atoms with van der Waals surface area (Å²) >= 11 is 0. The molecule has 1 N–H and O–H groups in total. The Balaban J connectivity index is 2.45. The first-order chi connectivity index (χ1) is 7.70. The number of aryl methyl sites for hydroxylation is 1. The molecule has 2 nitrogen and oxygen atoms in total. The van der Waals surface area contributed by atoms with Gasteiger partial charge in [-0.2, -0.15) is 0 Å². The van der Waals surface area contributed by atoms with Crippen molar-refractivity contribution in [3.63, 3.8) is 0 Å². The topological polar surface area (TPSA) is 33.1 Å². The van der Waals surface area contributed by atoms with E-state index in [1.807, 2.05) is 19.1 Å². The second-order valence-corrected chi connectivity index (χ2v) is 3.65. The van der Waals surface area contributed by atoms with Gasteiger partial charge in [-0.25, -0.2) is 4.39 Å². The molecule has 1 heterocycles. The Hall–Kier alpha value is -1.74. The van der Waals surface area contributed by atoms with Crippen LogP contribution in [0.25, 0.3) is 11.1 Å². The van der Waals surface area contributed by atoms with E-state index in [1.54, 1.807) is 18.3 Å². The number of pyridine rings is 1. The Kier molecular flexibility index (Phi) is 2.97. The molecule has 0 saturated carbocycles. The van der Waals surface area contributed by atoms with Gasteiger partial charge >= 0.3 is 0 Å². The average molecular weight is 217 g/mol. The molecule has 82 valence electrons. The smallest absolute Gasteiger partial charge is 0.129 e. The number of nitrogens with zero attached hydrogens (tertiary/aromatic N) is 1. The van der Waals surface area contributed by atoms with Gasteiger partial charge in [0.2, 0.25) is 0 Å². The molecule has 1 aromatic heterocycles. The van der Waals surface area contributed by atoms with Crippen LogP contribution in [0.1, 0.15) is 11.3 Å². The molecule has 0 fully saturated rings. The van der Waals surface area contributed by atoms with Crippen LogP contribution in [0.5, 0.6) is 0 Å². The summed E-state index contributed by atoms with van der Waals surface area (Å²) in [6, 6.07) is 8.55. The van der Waals surface area contributed by atoms with E-state index >= 15 is 0 Å². The van der Waals surface area contributed by atoms with Gasteiger partial charge in [0.1, 0.15) is 5.82 Å². The Labute approximate surface area is 93.4 Å². The number of halogens is 1. The molecular formula is C13H12FNO. The van der Waals surface area contributed by atoms with Gasteiger partial charge in [0.05, 0.1) is 6.61 Å². The van der Waals surface area contributed by atoms with Crippen LogP contribution < -0.4 is 0 Å². The number of aliphatic hydroxyl groups is 1. The molecular weight excluding hydrogens is 205 g/mol. The average Bonchev–Trinajstić information content (AvgIpc) is 2.29. The van der Waals surface area contributed by atoms with Gasteiger partial charge in [-0.3, -0.25) is 4.98 Å². The van der Waals surface area contributed by atoms with Crippen molar-refractivity contribution in [2.24, 2.45) is 0 Å². The summed E-state index contributed by atoms with van der Waals surface area (Å²) < 4.78 is 13.5. The molecule has 0 aliphatic carbocycles. The predicted molar refractivity (Wildman–Crippen MR) is 60.3 cm³/mol. The maximum atomic E-state index is 13.5. The first-order valence-corrected chi connectivity index (χ1v) is 5.03. The second kappa shape index (κ2) is 4.41. The normalized spacial score (nSPS) is 10.4. The van der Waals surface area contributed by atoms with Gasteiger partial charge in [-0.05, 0) is 36.2 Å². The van der Waals surface area contributed by atoms with Crippen LogP contribution in [-0.4, -0.2) is 10.1 Å². The summed E-state index contributed by atoms with van der Waals surface area (Å²) in [7, 11) is 0. The van der Waals surface area contributed by atoms with E-state index in [-0.39, 0.29) is 12.4 Å². The minimum Gasteiger partial charge on any atom is -0.392 e. The van der Waals surface area contributed by atoms with Crippen molar-refractivity contribution in [1.29, 1.82) is 0 Å². The van der Waals surface area contributed by atoms with Crippen LogP contribution in [0.3, 0.4) is 0 Å². The third-order valence-electron chi connectivity index (χ3n) is 2.45. The summed E-state index contributed by atoms with van der Waals surface area (Å²) in [6.07, 6.45) is 1.70. The first kappa shape index (κ1) is 10.8. The van der Waals surface area contributed by atoms with E-state index < -0.39 is 0 Å². The summed E-state index contributed by atoms with van der Waals surface area (Å²) in [6.45, 7) is 1.61. The molecule has 0 amide bonds. The quantitative estimate of drug-likeness (QED) is 0.839. The highest BCUT2D eigenvalue weighted by molar-refractivity contribution is 5.63. The fraction of sp³-hybridized carbons (Fsp3) is 0.154. The van der Waals surface area contributed by atoms with E-state index in [9.17, 15) is 4.39 Å². The monoisotopic (exact) mass is 217 g/mol. The van der Waals surface area contributed by atoms with E-state index in [0.717, 1.165) is 16.8 Å². The molecule has 0 aliphatic rings. The van der Waals surface area contributed by atoms with Crippen molar-refractivity contribution in [3.8, 4) is 11.1 Å². The molecule has 0 bridgehead atoms. The van der Waals surface area contributed by atoms with Crippen LogP contribution >= 0.6 is 0 Å². The van der Waals surface area contributed by atoms with Crippen molar-refractivity contribution in [3.05, 3.63) is 53.6 Å². The largest absolute Gasteiger partial charge is 0.392 e. The molecule has 2 aromatic rings. The van der Waals surface area contributed by atoms with Crippen LogP contribution in [-0.2, 0) is 6.61 Å². The Morgan fingerprint density at radius 2 is 1.94 bits per heavy atom. The lowest BCUT2D eigenvalue weighted by Crippen LogP contribution is -1.90. The molecule has 0 unspecified atom stereocenters. The molecule has 16 heavy (non-hydrogen) atoms. The maximum absolute atomic E-state index is 13.5. The van der Waals surface area contributed by atoms with Crippen molar-refractivity contribution in [1.82, 2.24) is 4.98 Å². The second-order valence-electron chi connectivity index (χ2n) is 3.65. The van der Waals surface area contributed by atoms with E-state index in [1.165, 1.54) is 6.07 Å². The molecule has 2 rings (SSSR count). The van der Waals surface area contributed by atoms with Crippen molar-refractivity contribution >= 4 is 0 Å². The van der Waals surface area contributed by atoms with Crippen molar-refractivity contribution in [2.75, 3.05) is 0 Å².